The average Bonchev–Trinajstić information content (AvgIpc) is 2.82. The fourth-order valence-corrected chi connectivity index (χ4v) is 3.69. The molecule has 3 aromatic carbocycles. The number of ether oxygens (including phenoxy) is 1. The Labute approximate surface area is 197 Å². The molecule has 0 bridgehead atoms. The van der Waals surface area contributed by atoms with E-state index in [9.17, 15) is 9.59 Å². The largest absolute Gasteiger partial charge is 0.483 e. The van der Waals surface area contributed by atoms with Gasteiger partial charge in [0.1, 0.15) is 5.75 Å². The number of amides is 2. The van der Waals surface area contributed by atoms with Crippen molar-refractivity contribution < 1.29 is 14.3 Å². The molecule has 0 heterocycles. The summed E-state index contributed by atoms with van der Waals surface area (Å²) in [7, 11) is 1.73. The van der Waals surface area contributed by atoms with Gasteiger partial charge < -0.3 is 15.0 Å². The van der Waals surface area contributed by atoms with Crippen molar-refractivity contribution in [3.05, 3.63) is 88.4 Å². The Bertz CT molecular complexity index is 1070. The van der Waals surface area contributed by atoms with Crippen LogP contribution in [0.25, 0.3) is 0 Å². The molecule has 0 fully saturated rings. The van der Waals surface area contributed by atoms with Gasteiger partial charge in [0.2, 0.25) is 0 Å². The SMILES string of the molecule is CCC(C)c1ccc(OCC(=O)Nc2ccc(C(=O)N(C)c3ccccc3)cc2)c(Br)c1. The highest BCUT2D eigenvalue weighted by Gasteiger charge is 2.14. The van der Waals surface area contributed by atoms with Gasteiger partial charge in [0.15, 0.2) is 6.61 Å². The summed E-state index contributed by atoms with van der Waals surface area (Å²) < 4.78 is 6.49. The minimum Gasteiger partial charge on any atom is -0.483 e. The molecule has 32 heavy (non-hydrogen) atoms. The van der Waals surface area contributed by atoms with Crippen molar-refractivity contribution in [2.45, 2.75) is 26.2 Å². The summed E-state index contributed by atoms with van der Waals surface area (Å²) in [5, 5.41) is 2.79. The predicted octanol–water partition coefficient (Wildman–Crippen LogP) is 6.26. The molecular weight excluding hydrogens is 468 g/mol. The molecule has 6 heteroatoms. The van der Waals surface area contributed by atoms with Crippen LogP contribution in [0.4, 0.5) is 11.4 Å². The number of nitrogens with one attached hydrogen (secondary N) is 1. The van der Waals surface area contributed by atoms with Gasteiger partial charge in [0.05, 0.1) is 4.47 Å². The molecule has 2 amide bonds. The monoisotopic (exact) mass is 494 g/mol. The Kier molecular flexibility index (Phi) is 8.06. The molecule has 1 atom stereocenters. The lowest BCUT2D eigenvalue weighted by Crippen LogP contribution is -2.26. The Morgan fingerprint density at radius 2 is 1.72 bits per heavy atom. The van der Waals surface area contributed by atoms with Gasteiger partial charge in [-0.1, -0.05) is 38.1 Å². The molecule has 0 radical (unpaired) electrons. The van der Waals surface area contributed by atoms with Crippen LogP contribution in [0.5, 0.6) is 5.75 Å². The van der Waals surface area contributed by atoms with E-state index in [0.717, 1.165) is 16.6 Å². The standard InChI is InChI=1S/C26H27BrN2O3/c1-4-18(2)20-12-15-24(23(27)16-20)32-17-25(30)28-21-13-10-19(11-14-21)26(31)29(3)22-8-6-5-7-9-22/h5-16,18H,4,17H2,1-3H3,(H,28,30). The normalized spacial score (nSPS) is 11.5. The van der Waals surface area contributed by atoms with Crippen molar-refractivity contribution in [1.82, 2.24) is 0 Å². The van der Waals surface area contributed by atoms with E-state index in [4.69, 9.17) is 4.74 Å². The Hall–Kier alpha value is -3.12. The van der Waals surface area contributed by atoms with E-state index >= 15 is 0 Å². The van der Waals surface area contributed by atoms with Crippen molar-refractivity contribution in [3.63, 3.8) is 0 Å². The predicted molar refractivity (Wildman–Crippen MR) is 133 cm³/mol. The average molecular weight is 495 g/mol. The number of anilines is 2. The van der Waals surface area contributed by atoms with Gasteiger partial charge >= 0.3 is 0 Å². The Morgan fingerprint density at radius 1 is 1.03 bits per heavy atom. The second-order valence-corrected chi connectivity index (χ2v) is 8.47. The lowest BCUT2D eigenvalue weighted by atomic mass is 9.99. The highest BCUT2D eigenvalue weighted by Crippen LogP contribution is 2.30. The highest BCUT2D eigenvalue weighted by atomic mass is 79.9. The number of carbonyl (C=O) groups is 2. The summed E-state index contributed by atoms with van der Waals surface area (Å²) in [5.74, 6) is 0.689. The third kappa shape index (κ3) is 5.98. The summed E-state index contributed by atoms with van der Waals surface area (Å²) in [5.41, 5.74) is 3.18. The molecule has 0 aliphatic rings. The molecular formula is C26H27BrN2O3. The lowest BCUT2D eigenvalue weighted by molar-refractivity contribution is -0.118. The zero-order valence-electron chi connectivity index (χ0n) is 18.5. The number of halogens is 1. The van der Waals surface area contributed by atoms with Gasteiger partial charge in [-0.15, -0.1) is 0 Å². The maximum absolute atomic E-state index is 12.7. The van der Waals surface area contributed by atoms with Crippen molar-refractivity contribution >= 4 is 39.1 Å². The minimum absolute atomic E-state index is 0.112. The number of benzene rings is 3. The quantitative estimate of drug-likeness (QED) is 0.402. The molecule has 3 rings (SSSR count). The molecule has 0 aromatic heterocycles. The lowest BCUT2D eigenvalue weighted by Gasteiger charge is -2.17. The number of para-hydroxylation sites is 1. The smallest absolute Gasteiger partial charge is 0.262 e. The number of nitrogens with zero attached hydrogens (tertiary/aromatic N) is 1. The molecule has 0 aliphatic heterocycles. The second kappa shape index (κ2) is 11.0. The number of hydrogen-bond acceptors (Lipinski definition) is 3. The van der Waals surface area contributed by atoms with Crippen LogP contribution in [-0.4, -0.2) is 25.5 Å². The van der Waals surface area contributed by atoms with Crippen LogP contribution >= 0.6 is 15.9 Å². The number of carbonyl (C=O) groups excluding carboxylic acids is 2. The summed E-state index contributed by atoms with van der Waals surface area (Å²) >= 11 is 3.52. The van der Waals surface area contributed by atoms with Gasteiger partial charge in [0, 0.05) is 24.0 Å². The first-order valence-electron chi connectivity index (χ1n) is 10.5. The van der Waals surface area contributed by atoms with Crippen molar-refractivity contribution in [3.8, 4) is 5.75 Å². The first-order chi connectivity index (χ1) is 15.4. The molecule has 0 saturated heterocycles. The molecule has 1 N–H and O–H groups in total. The van der Waals surface area contributed by atoms with Crippen molar-refractivity contribution in [2.75, 3.05) is 23.9 Å². The van der Waals surface area contributed by atoms with E-state index in [-0.39, 0.29) is 18.4 Å². The van der Waals surface area contributed by atoms with E-state index in [1.807, 2.05) is 48.5 Å². The molecule has 0 spiro atoms. The van der Waals surface area contributed by atoms with E-state index in [0.29, 0.717) is 22.9 Å². The zero-order chi connectivity index (χ0) is 23.1. The second-order valence-electron chi connectivity index (χ2n) is 7.61. The Balaban J connectivity index is 1.55. The summed E-state index contributed by atoms with van der Waals surface area (Å²) in [6.45, 7) is 4.21. The summed E-state index contributed by atoms with van der Waals surface area (Å²) in [4.78, 5) is 26.6. The van der Waals surface area contributed by atoms with Crippen LogP contribution in [-0.2, 0) is 4.79 Å². The fraction of sp³-hybridized carbons (Fsp3) is 0.231. The van der Waals surface area contributed by atoms with Crippen molar-refractivity contribution in [1.29, 1.82) is 0 Å². The van der Waals surface area contributed by atoms with Crippen LogP contribution in [0.2, 0.25) is 0 Å². The molecule has 166 valence electrons. The molecule has 1 unspecified atom stereocenters. The Morgan fingerprint density at radius 3 is 2.34 bits per heavy atom. The minimum atomic E-state index is -0.275. The van der Waals surface area contributed by atoms with Crippen LogP contribution in [0.1, 0.15) is 42.1 Å². The molecule has 0 saturated carbocycles. The maximum atomic E-state index is 12.7. The third-order valence-electron chi connectivity index (χ3n) is 5.36. The van der Waals surface area contributed by atoms with Crippen molar-refractivity contribution in [2.24, 2.45) is 0 Å². The fourth-order valence-electron chi connectivity index (χ4n) is 3.18. The van der Waals surface area contributed by atoms with Crippen LogP contribution in [0, 0.1) is 0 Å². The van der Waals surface area contributed by atoms with Gasteiger partial charge in [0.25, 0.3) is 11.8 Å². The maximum Gasteiger partial charge on any atom is 0.262 e. The number of hydrogen-bond donors (Lipinski definition) is 1. The summed E-state index contributed by atoms with van der Waals surface area (Å²) in [6.07, 6.45) is 1.06. The molecule has 0 aliphatic carbocycles. The van der Waals surface area contributed by atoms with Crippen LogP contribution in [0.15, 0.2) is 77.3 Å². The van der Waals surface area contributed by atoms with Gasteiger partial charge in [-0.05, 0) is 82.4 Å². The third-order valence-corrected chi connectivity index (χ3v) is 5.98. The van der Waals surface area contributed by atoms with Crippen LogP contribution < -0.4 is 15.0 Å². The van der Waals surface area contributed by atoms with Crippen LogP contribution in [0.3, 0.4) is 0 Å². The van der Waals surface area contributed by atoms with Gasteiger partial charge in [-0.25, -0.2) is 0 Å². The molecule has 3 aromatic rings. The topological polar surface area (TPSA) is 58.6 Å². The first kappa shape index (κ1) is 23.5. The highest BCUT2D eigenvalue weighted by molar-refractivity contribution is 9.10. The van der Waals surface area contributed by atoms with E-state index in [2.05, 4.69) is 35.1 Å². The molecule has 5 nitrogen and oxygen atoms in total. The van der Waals surface area contributed by atoms with E-state index in [1.165, 1.54) is 5.56 Å². The van der Waals surface area contributed by atoms with E-state index < -0.39 is 0 Å². The zero-order valence-corrected chi connectivity index (χ0v) is 20.1. The summed E-state index contributed by atoms with van der Waals surface area (Å²) in [6, 6.07) is 22.2. The number of rotatable bonds is 8. The van der Waals surface area contributed by atoms with Gasteiger partial charge in [-0.2, -0.15) is 0 Å². The van der Waals surface area contributed by atoms with Gasteiger partial charge in [-0.3, -0.25) is 9.59 Å². The van der Waals surface area contributed by atoms with E-state index in [1.54, 1.807) is 36.2 Å². The first-order valence-corrected chi connectivity index (χ1v) is 11.3.